The number of aliphatic hydroxyl groups excluding tert-OH is 2. The fraction of sp³-hybridized carbons (Fsp3) is 0.773. The Hall–Kier alpha value is -1.13. The molecule has 0 aliphatic carbocycles. The molecule has 4 heteroatoms. The predicted octanol–water partition coefficient (Wildman–Crippen LogP) is 4.66. The number of aliphatic hydroxyl groups is 2. The van der Waals surface area contributed by atoms with E-state index in [-0.39, 0.29) is 12.5 Å². The third kappa shape index (κ3) is 15.2. The van der Waals surface area contributed by atoms with Gasteiger partial charge in [-0.05, 0) is 32.1 Å². The Morgan fingerprint density at radius 3 is 2.19 bits per heavy atom. The summed E-state index contributed by atoms with van der Waals surface area (Å²) in [5.74, 6) is -0.115. The summed E-state index contributed by atoms with van der Waals surface area (Å²) in [6.07, 6.45) is 20.3. The highest BCUT2D eigenvalue weighted by molar-refractivity contribution is 5.76. The number of amides is 1. The minimum absolute atomic E-state index is 0.115. The van der Waals surface area contributed by atoms with E-state index >= 15 is 0 Å². The summed E-state index contributed by atoms with van der Waals surface area (Å²) in [6.45, 7) is 4.00. The highest BCUT2D eigenvalue weighted by Gasteiger charge is 2.17. The molecule has 152 valence electrons. The zero-order valence-corrected chi connectivity index (χ0v) is 17.0. The summed E-state index contributed by atoms with van der Waals surface area (Å²) < 4.78 is 0. The van der Waals surface area contributed by atoms with Crippen LogP contribution < -0.4 is 5.32 Å². The van der Waals surface area contributed by atoms with E-state index in [1.54, 1.807) is 6.08 Å². The summed E-state index contributed by atoms with van der Waals surface area (Å²) in [5.41, 5.74) is 0. The van der Waals surface area contributed by atoms with E-state index in [1.807, 2.05) is 13.0 Å². The largest absolute Gasteiger partial charge is 0.394 e. The highest BCUT2D eigenvalue weighted by Crippen LogP contribution is 2.08. The monoisotopic (exact) mass is 367 g/mol. The Labute approximate surface area is 160 Å². The summed E-state index contributed by atoms with van der Waals surface area (Å²) >= 11 is 0. The number of unbranched alkanes of at least 4 members (excludes halogenated alkanes) is 8. The molecular formula is C22H41NO3. The van der Waals surface area contributed by atoms with Crippen LogP contribution in [0.1, 0.15) is 90.9 Å². The molecule has 0 saturated heterocycles. The van der Waals surface area contributed by atoms with E-state index < -0.39 is 12.1 Å². The number of carbonyl (C=O) groups excluding carboxylic acids is 1. The quantitative estimate of drug-likeness (QED) is 0.259. The third-order valence-corrected chi connectivity index (χ3v) is 4.44. The van der Waals surface area contributed by atoms with E-state index in [9.17, 15) is 15.0 Å². The molecule has 0 bridgehead atoms. The van der Waals surface area contributed by atoms with Crippen molar-refractivity contribution in [3.63, 3.8) is 0 Å². The molecule has 0 aliphatic rings. The second-order valence-electron chi connectivity index (χ2n) is 6.98. The molecule has 0 aromatic rings. The second kappa shape index (κ2) is 18.7. The minimum atomic E-state index is -0.849. The van der Waals surface area contributed by atoms with Gasteiger partial charge in [-0.2, -0.15) is 0 Å². The molecule has 0 aromatic carbocycles. The molecule has 2 unspecified atom stereocenters. The van der Waals surface area contributed by atoms with Crippen molar-refractivity contribution < 1.29 is 15.0 Å². The van der Waals surface area contributed by atoms with Crippen LogP contribution >= 0.6 is 0 Å². The fourth-order valence-electron chi connectivity index (χ4n) is 2.70. The second-order valence-corrected chi connectivity index (χ2v) is 6.98. The molecule has 26 heavy (non-hydrogen) atoms. The van der Waals surface area contributed by atoms with Crippen LogP contribution in [0.2, 0.25) is 0 Å². The molecule has 0 radical (unpaired) electrons. The standard InChI is InChI=1S/C22H41NO3/c1-3-5-7-8-9-10-11-12-13-14-15-16-17-21(25)20(19-24)23-22(26)18-6-4-2/h12-13,16-17,20-21,24-25H,3-11,14-15,18-19H2,1-2H3,(H,23,26)/b13-12+,17-16+. The van der Waals surface area contributed by atoms with Gasteiger partial charge in [-0.3, -0.25) is 4.79 Å². The van der Waals surface area contributed by atoms with Gasteiger partial charge in [0.1, 0.15) is 0 Å². The predicted molar refractivity (Wildman–Crippen MR) is 110 cm³/mol. The molecule has 0 rings (SSSR count). The molecule has 0 fully saturated rings. The maximum Gasteiger partial charge on any atom is 0.220 e. The topological polar surface area (TPSA) is 69.6 Å². The van der Waals surface area contributed by atoms with Gasteiger partial charge in [0, 0.05) is 6.42 Å². The molecule has 0 aliphatic heterocycles. The molecule has 3 N–H and O–H groups in total. The van der Waals surface area contributed by atoms with Gasteiger partial charge in [0.15, 0.2) is 0 Å². The maximum atomic E-state index is 11.7. The molecule has 0 aromatic heterocycles. The number of nitrogens with one attached hydrogen (secondary N) is 1. The zero-order chi connectivity index (χ0) is 19.5. The van der Waals surface area contributed by atoms with Crippen molar-refractivity contribution in [3.8, 4) is 0 Å². The Balaban J connectivity index is 3.80. The summed E-state index contributed by atoms with van der Waals surface area (Å²) in [7, 11) is 0. The van der Waals surface area contributed by atoms with Gasteiger partial charge in [-0.25, -0.2) is 0 Å². The van der Waals surface area contributed by atoms with E-state index in [1.165, 1.54) is 38.5 Å². The SMILES string of the molecule is CCCCCCCC/C=C/CC/C=C/C(O)C(CO)NC(=O)CCCC. The van der Waals surface area contributed by atoms with E-state index in [4.69, 9.17) is 0 Å². The smallest absolute Gasteiger partial charge is 0.220 e. The lowest BCUT2D eigenvalue weighted by Gasteiger charge is -2.19. The van der Waals surface area contributed by atoms with E-state index in [0.717, 1.165) is 32.1 Å². The molecule has 4 nitrogen and oxygen atoms in total. The van der Waals surface area contributed by atoms with Crippen LogP contribution in [0.15, 0.2) is 24.3 Å². The van der Waals surface area contributed by atoms with Crippen molar-refractivity contribution in [2.45, 2.75) is 103 Å². The average molecular weight is 368 g/mol. The van der Waals surface area contributed by atoms with Gasteiger partial charge in [-0.1, -0.05) is 76.7 Å². The van der Waals surface area contributed by atoms with Gasteiger partial charge < -0.3 is 15.5 Å². The Kier molecular flexibility index (Phi) is 17.8. The van der Waals surface area contributed by atoms with Gasteiger partial charge >= 0.3 is 0 Å². The zero-order valence-electron chi connectivity index (χ0n) is 17.0. The maximum absolute atomic E-state index is 11.7. The first-order valence-electron chi connectivity index (χ1n) is 10.6. The number of allylic oxidation sites excluding steroid dienone is 3. The normalized spacial score (nSPS) is 14.2. The van der Waals surface area contributed by atoms with Gasteiger partial charge in [0.05, 0.1) is 18.8 Å². The fourth-order valence-corrected chi connectivity index (χ4v) is 2.70. The van der Waals surface area contributed by atoms with Gasteiger partial charge in [0.2, 0.25) is 5.91 Å². The first kappa shape index (κ1) is 24.9. The van der Waals surface area contributed by atoms with Crippen molar-refractivity contribution in [2.24, 2.45) is 0 Å². The molecular weight excluding hydrogens is 326 g/mol. The summed E-state index contributed by atoms with van der Waals surface area (Å²) in [5, 5.41) is 22.1. The lowest BCUT2D eigenvalue weighted by molar-refractivity contribution is -0.122. The number of rotatable bonds is 17. The molecule has 1 amide bonds. The van der Waals surface area contributed by atoms with Crippen molar-refractivity contribution in [1.82, 2.24) is 5.32 Å². The van der Waals surface area contributed by atoms with Crippen LogP contribution in [0.3, 0.4) is 0 Å². The van der Waals surface area contributed by atoms with E-state index in [0.29, 0.717) is 6.42 Å². The van der Waals surface area contributed by atoms with Crippen LogP contribution in [0.25, 0.3) is 0 Å². The number of carbonyl (C=O) groups is 1. The lowest BCUT2D eigenvalue weighted by Crippen LogP contribution is -2.45. The van der Waals surface area contributed by atoms with Crippen molar-refractivity contribution in [2.75, 3.05) is 6.61 Å². The number of hydrogen-bond donors (Lipinski definition) is 3. The van der Waals surface area contributed by atoms with Crippen LogP contribution in [0, 0.1) is 0 Å². The van der Waals surface area contributed by atoms with Crippen LogP contribution in [-0.4, -0.2) is 34.9 Å². The molecule has 2 atom stereocenters. The Morgan fingerprint density at radius 2 is 1.50 bits per heavy atom. The first-order valence-corrected chi connectivity index (χ1v) is 10.6. The highest BCUT2D eigenvalue weighted by atomic mass is 16.3. The molecule has 0 saturated carbocycles. The Morgan fingerprint density at radius 1 is 0.885 bits per heavy atom. The van der Waals surface area contributed by atoms with Crippen molar-refractivity contribution in [1.29, 1.82) is 0 Å². The Bertz CT molecular complexity index is 380. The van der Waals surface area contributed by atoms with Crippen LogP contribution in [0.4, 0.5) is 0 Å². The van der Waals surface area contributed by atoms with Gasteiger partial charge in [0.25, 0.3) is 0 Å². The lowest BCUT2D eigenvalue weighted by atomic mass is 10.1. The van der Waals surface area contributed by atoms with Gasteiger partial charge in [-0.15, -0.1) is 0 Å². The van der Waals surface area contributed by atoms with Crippen molar-refractivity contribution in [3.05, 3.63) is 24.3 Å². The summed E-state index contributed by atoms with van der Waals surface area (Å²) in [6, 6.07) is -0.626. The third-order valence-electron chi connectivity index (χ3n) is 4.44. The first-order chi connectivity index (χ1) is 12.7. The van der Waals surface area contributed by atoms with Crippen LogP contribution in [-0.2, 0) is 4.79 Å². The average Bonchev–Trinajstić information content (AvgIpc) is 2.65. The van der Waals surface area contributed by atoms with Crippen LogP contribution in [0.5, 0.6) is 0 Å². The number of hydrogen-bond acceptors (Lipinski definition) is 3. The molecule has 0 heterocycles. The summed E-state index contributed by atoms with van der Waals surface area (Å²) in [4.78, 5) is 11.7. The van der Waals surface area contributed by atoms with E-state index in [2.05, 4.69) is 24.4 Å². The minimum Gasteiger partial charge on any atom is -0.394 e. The molecule has 0 spiro atoms. The van der Waals surface area contributed by atoms with Crippen molar-refractivity contribution >= 4 is 5.91 Å².